The molecule has 1 atom stereocenters. The van der Waals surface area contributed by atoms with Crippen molar-refractivity contribution in [1.29, 1.82) is 0 Å². The van der Waals surface area contributed by atoms with Crippen LogP contribution in [0.2, 0.25) is 0 Å². The van der Waals surface area contributed by atoms with Crippen molar-refractivity contribution in [1.82, 2.24) is 15.5 Å². The van der Waals surface area contributed by atoms with E-state index in [1.54, 1.807) is 0 Å². The standard InChI is InChI=1S/C18H36N4O2/c1-3-19-17(20-9-4-16-5-10-22(2)11-6-16)21-14-18(7-12-23)8-13-24-15-18/h16,23H,3-15H2,1-2H3,(H2,19,20,21). The smallest absolute Gasteiger partial charge is 0.191 e. The molecule has 1 unspecified atom stereocenters. The predicted octanol–water partition coefficient (Wildman–Crippen LogP) is 1.06. The number of rotatable bonds is 8. The lowest BCUT2D eigenvalue weighted by molar-refractivity contribution is 0.131. The molecule has 6 nitrogen and oxygen atoms in total. The molecule has 140 valence electrons. The summed E-state index contributed by atoms with van der Waals surface area (Å²) in [5.74, 6) is 1.73. The molecule has 3 N–H and O–H groups in total. The van der Waals surface area contributed by atoms with E-state index < -0.39 is 0 Å². The molecule has 2 rings (SSSR count). The molecule has 2 heterocycles. The first-order valence-corrected chi connectivity index (χ1v) is 9.57. The Balaban J connectivity index is 1.77. The van der Waals surface area contributed by atoms with Gasteiger partial charge in [0, 0.05) is 31.7 Å². The highest BCUT2D eigenvalue weighted by molar-refractivity contribution is 5.79. The number of hydrogen-bond acceptors (Lipinski definition) is 4. The van der Waals surface area contributed by atoms with E-state index in [1.807, 2.05) is 0 Å². The number of ether oxygens (including phenoxy) is 1. The van der Waals surface area contributed by atoms with Gasteiger partial charge < -0.3 is 25.4 Å². The van der Waals surface area contributed by atoms with Crippen LogP contribution in [-0.4, -0.2) is 75.6 Å². The van der Waals surface area contributed by atoms with Gasteiger partial charge >= 0.3 is 0 Å². The molecule has 2 fully saturated rings. The Morgan fingerprint density at radius 2 is 2.12 bits per heavy atom. The second kappa shape index (κ2) is 10.2. The lowest BCUT2D eigenvalue weighted by Crippen LogP contribution is -2.40. The zero-order valence-corrected chi connectivity index (χ0v) is 15.5. The number of nitrogens with one attached hydrogen (secondary N) is 2. The minimum atomic E-state index is 0.0189. The average Bonchev–Trinajstić information content (AvgIpc) is 3.04. The summed E-state index contributed by atoms with van der Waals surface area (Å²) in [6, 6.07) is 0. The number of hydrogen-bond donors (Lipinski definition) is 3. The predicted molar refractivity (Wildman–Crippen MR) is 98.4 cm³/mol. The van der Waals surface area contributed by atoms with Crippen LogP contribution in [0.15, 0.2) is 4.99 Å². The number of piperidine rings is 1. The van der Waals surface area contributed by atoms with Crippen molar-refractivity contribution in [2.45, 2.75) is 39.0 Å². The summed E-state index contributed by atoms with van der Waals surface area (Å²) in [7, 11) is 2.21. The van der Waals surface area contributed by atoms with Gasteiger partial charge in [-0.2, -0.15) is 0 Å². The monoisotopic (exact) mass is 340 g/mol. The lowest BCUT2D eigenvalue weighted by atomic mass is 9.84. The largest absolute Gasteiger partial charge is 0.396 e. The van der Waals surface area contributed by atoms with Crippen LogP contribution in [0, 0.1) is 11.3 Å². The number of guanidine groups is 1. The van der Waals surface area contributed by atoms with Crippen molar-refractivity contribution in [3.8, 4) is 0 Å². The molecule has 6 heteroatoms. The van der Waals surface area contributed by atoms with Crippen molar-refractivity contribution in [2.75, 3.05) is 59.6 Å². The first-order valence-electron chi connectivity index (χ1n) is 9.57. The van der Waals surface area contributed by atoms with Crippen molar-refractivity contribution >= 4 is 5.96 Å². The van der Waals surface area contributed by atoms with Crippen LogP contribution in [0.25, 0.3) is 0 Å². The second-order valence-electron chi connectivity index (χ2n) is 7.43. The zero-order valence-electron chi connectivity index (χ0n) is 15.5. The molecule has 0 aliphatic carbocycles. The molecule has 0 spiro atoms. The van der Waals surface area contributed by atoms with Gasteiger partial charge in [0.2, 0.25) is 0 Å². The Bertz CT molecular complexity index is 375. The van der Waals surface area contributed by atoms with Crippen LogP contribution in [0.1, 0.15) is 39.0 Å². The molecule has 0 radical (unpaired) electrons. The molecular weight excluding hydrogens is 304 g/mol. The van der Waals surface area contributed by atoms with Crippen molar-refractivity contribution < 1.29 is 9.84 Å². The maximum atomic E-state index is 9.33. The van der Waals surface area contributed by atoms with E-state index in [0.717, 1.165) is 51.0 Å². The van der Waals surface area contributed by atoms with Gasteiger partial charge in [-0.05, 0) is 65.1 Å². The molecule has 2 aliphatic heterocycles. The fourth-order valence-corrected chi connectivity index (χ4v) is 3.62. The normalized spacial score (nSPS) is 26.7. The van der Waals surface area contributed by atoms with Gasteiger partial charge in [-0.15, -0.1) is 0 Å². The van der Waals surface area contributed by atoms with Gasteiger partial charge in [0.25, 0.3) is 0 Å². The average molecular weight is 341 g/mol. The summed E-state index contributed by atoms with van der Waals surface area (Å²) < 4.78 is 5.55. The molecule has 0 saturated carbocycles. The summed E-state index contributed by atoms with van der Waals surface area (Å²) in [4.78, 5) is 7.19. The van der Waals surface area contributed by atoms with E-state index >= 15 is 0 Å². The Morgan fingerprint density at radius 1 is 1.33 bits per heavy atom. The molecular formula is C18H36N4O2. The summed E-state index contributed by atoms with van der Waals surface area (Å²) in [5, 5.41) is 16.1. The van der Waals surface area contributed by atoms with Gasteiger partial charge in [0.05, 0.1) is 13.2 Å². The SMILES string of the molecule is CCNC(=NCC1(CCO)CCOC1)NCCC1CCN(C)CC1. The molecule has 0 aromatic heterocycles. The maximum absolute atomic E-state index is 9.33. The third-order valence-electron chi connectivity index (χ3n) is 5.43. The number of nitrogens with zero attached hydrogens (tertiary/aromatic N) is 2. The summed E-state index contributed by atoms with van der Waals surface area (Å²) in [6.45, 7) is 8.81. The molecule has 0 amide bonds. The van der Waals surface area contributed by atoms with E-state index in [9.17, 15) is 5.11 Å². The van der Waals surface area contributed by atoms with Crippen LogP contribution in [0.3, 0.4) is 0 Å². The first kappa shape index (κ1) is 19.5. The van der Waals surface area contributed by atoms with E-state index in [4.69, 9.17) is 9.73 Å². The van der Waals surface area contributed by atoms with Gasteiger partial charge in [0.1, 0.15) is 0 Å². The highest BCUT2D eigenvalue weighted by Crippen LogP contribution is 2.32. The van der Waals surface area contributed by atoms with E-state index in [2.05, 4.69) is 29.5 Å². The minimum Gasteiger partial charge on any atom is -0.396 e. The molecule has 24 heavy (non-hydrogen) atoms. The van der Waals surface area contributed by atoms with Crippen LogP contribution in [-0.2, 0) is 4.74 Å². The third kappa shape index (κ3) is 6.22. The summed E-state index contributed by atoms with van der Waals surface area (Å²) in [5.41, 5.74) is 0.0189. The Hall–Kier alpha value is -0.850. The first-order chi connectivity index (χ1) is 11.7. The van der Waals surface area contributed by atoms with Crippen molar-refractivity contribution in [3.05, 3.63) is 0 Å². The lowest BCUT2D eigenvalue weighted by Gasteiger charge is -2.29. The third-order valence-corrected chi connectivity index (χ3v) is 5.43. The number of aliphatic hydroxyl groups is 1. The molecule has 0 bridgehead atoms. The van der Waals surface area contributed by atoms with E-state index in [0.29, 0.717) is 6.61 Å². The number of likely N-dealkylation sites (tertiary alicyclic amines) is 1. The van der Waals surface area contributed by atoms with Crippen LogP contribution in [0.4, 0.5) is 0 Å². The van der Waals surface area contributed by atoms with Gasteiger partial charge in [0.15, 0.2) is 5.96 Å². The number of aliphatic imine (C=N–C) groups is 1. The highest BCUT2D eigenvalue weighted by Gasteiger charge is 2.34. The van der Waals surface area contributed by atoms with E-state index in [-0.39, 0.29) is 12.0 Å². The maximum Gasteiger partial charge on any atom is 0.191 e. The quantitative estimate of drug-likeness (QED) is 0.455. The Morgan fingerprint density at radius 3 is 2.75 bits per heavy atom. The van der Waals surface area contributed by atoms with Crippen LogP contribution in [0.5, 0.6) is 0 Å². The topological polar surface area (TPSA) is 69.1 Å². The zero-order chi connectivity index (χ0) is 17.3. The molecule has 2 aliphatic rings. The molecule has 0 aromatic rings. The number of aliphatic hydroxyl groups excluding tert-OH is 1. The highest BCUT2D eigenvalue weighted by atomic mass is 16.5. The molecule has 0 aromatic carbocycles. The van der Waals surface area contributed by atoms with Crippen molar-refractivity contribution in [2.24, 2.45) is 16.3 Å². The van der Waals surface area contributed by atoms with Gasteiger partial charge in [-0.25, -0.2) is 0 Å². The second-order valence-corrected chi connectivity index (χ2v) is 7.43. The minimum absolute atomic E-state index is 0.0189. The summed E-state index contributed by atoms with van der Waals surface area (Å²) in [6.07, 6.45) is 5.59. The molecule has 2 saturated heterocycles. The van der Waals surface area contributed by atoms with Crippen LogP contribution < -0.4 is 10.6 Å². The fraction of sp³-hybridized carbons (Fsp3) is 0.944. The fourth-order valence-electron chi connectivity index (χ4n) is 3.62. The van der Waals surface area contributed by atoms with Crippen LogP contribution >= 0.6 is 0 Å². The van der Waals surface area contributed by atoms with Gasteiger partial charge in [-0.1, -0.05) is 0 Å². The Labute approximate surface area is 147 Å². The van der Waals surface area contributed by atoms with Crippen molar-refractivity contribution in [3.63, 3.8) is 0 Å². The Kier molecular flexibility index (Phi) is 8.29. The van der Waals surface area contributed by atoms with Gasteiger partial charge in [-0.3, -0.25) is 4.99 Å². The summed E-state index contributed by atoms with van der Waals surface area (Å²) >= 11 is 0. The van der Waals surface area contributed by atoms with E-state index in [1.165, 1.54) is 32.4 Å².